The Kier molecular flexibility index (Phi) is 6.17. The molecule has 33 heavy (non-hydrogen) atoms. The highest BCUT2D eigenvalue weighted by Gasteiger charge is 2.26. The van der Waals surface area contributed by atoms with Crippen molar-refractivity contribution >= 4 is 32.7 Å². The Hall–Kier alpha value is -3.31. The molecule has 1 aliphatic heterocycles. The number of sulfonamides is 1. The van der Waals surface area contributed by atoms with Crippen molar-refractivity contribution in [1.29, 1.82) is 0 Å². The number of carbonyl (C=O) groups excluding carboxylic acids is 1. The van der Waals surface area contributed by atoms with E-state index >= 15 is 0 Å². The summed E-state index contributed by atoms with van der Waals surface area (Å²) in [6.45, 7) is 1.10. The van der Waals surface area contributed by atoms with Gasteiger partial charge < -0.3 is 5.32 Å². The van der Waals surface area contributed by atoms with E-state index in [2.05, 4.69) is 10.3 Å². The van der Waals surface area contributed by atoms with E-state index in [1.165, 1.54) is 35.2 Å². The second kappa shape index (κ2) is 8.91. The Morgan fingerprint density at radius 3 is 2.39 bits per heavy atom. The summed E-state index contributed by atoms with van der Waals surface area (Å²) in [6.07, 6.45) is 3.75. The smallest absolute Gasteiger partial charge is 0.325 e. The summed E-state index contributed by atoms with van der Waals surface area (Å²) in [7, 11) is -0.549. The van der Waals surface area contributed by atoms with Gasteiger partial charge in [-0.15, -0.1) is 0 Å². The van der Waals surface area contributed by atoms with Gasteiger partial charge in [0.25, 0.3) is 5.56 Å². The van der Waals surface area contributed by atoms with Gasteiger partial charge in [-0.3, -0.25) is 18.7 Å². The van der Waals surface area contributed by atoms with Crippen LogP contribution >= 0.6 is 0 Å². The van der Waals surface area contributed by atoms with E-state index in [1.807, 2.05) is 0 Å². The Balaban J connectivity index is 1.42. The molecule has 0 radical (unpaired) electrons. The summed E-state index contributed by atoms with van der Waals surface area (Å²) >= 11 is 0. The first-order valence-electron chi connectivity index (χ1n) is 10.6. The number of hydrogen-bond donors (Lipinski definition) is 1. The average Bonchev–Trinajstić information content (AvgIpc) is 3.36. The third-order valence-corrected chi connectivity index (χ3v) is 7.76. The molecule has 0 unspecified atom stereocenters. The van der Waals surface area contributed by atoms with Crippen LogP contribution in [0.3, 0.4) is 0 Å². The third-order valence-electron chi connectivity index (χ3n) is 5.84. The molecule has 174 valence electrons. The second-order valence-electron chi connectivity index (χ2n) is 8.10. The number of nitrogens with one attached hydrogen (secondary N) is 1. The zero-order chi connectivity index (χ0) is 23.8. The molecule has 3 heterocycles. The Morgan fingerprint density at radius 1 is 1.06 bits per heavy atom. The van der Waals surface area contributed by atoms with Crippen LogP contribution in [0.2, 0.25) is 0 Å². The van der Waals surface area contributed by atoms with Crippen LogP contribution in [0.5, 0.6) is 0 Å². The lowest BCUT2D eigenvalue weighted by Gasteiger charge is -2.15. The first-order valence-corrected chi connectivity index (χ1v) is 12.1. The number of pyridine rings is 1. The highest BCUT2D eigenvalue weighted by atomic mass is 32.2. The molecule has 10 nitrogen and oxygen atoms in total. The summed E-state index contributed by atoms with van der Waals surface area (Å²) in [6, 6.07) is 8.10. The lowest BCUT2D eigenvalue weighted by molar-refractivity contribution is -0.116. The molecule has 0 aliphatic carbocycles. The Labute approximate surface area is 190 Å². The number of carbonyl (C=O) groups is 1. The van der Waals surface area contributed by atoms with Gasteiger partial charge in [0.05, 0.1) is 22.2 Å². The fraction of sp³-hybridized carbons (Fsp3) is 0.364. The highest BCUT2D eigenvalue weighted by Crippen LogP contribution is 2.21. The number of rotatable bonds is 6. The minimum absolute atomic E-state index is 0.168. The van der Waals surface area contributed by atoms with Crippen molar-refractivity contribution in [3.8, 4) is 0 Å². The maximum absolute atomic E-state index is 12.6. The van der Waals surface area contributed by atoms with Crippen molar-refractivity contribution < 1.29 is 13.2 Å². The van der Waals surface area contributed by atoms with Gasteiger partial charge in [-0.2, -0.15) is 4.31 Å². The van der Waals surface area contributed by atoms with E-state index in [9.17, 15) is 22.8 Å². The van der Waals surface area contributed by atoms with Gasteiger partial charge in [0.2, 0.25) is 15.9 Å². The van der Waals surface area contributed by atoms with Gasteiger partial charge in [0, 0.05) is 33.6 Å². The van der Waals surface area contributed by atoms with Gasteiger partial charge in [0.15, 0.2) is 0 Å². The zero-order valence-corrected chi connectivity index (χ0v) is 19.3. The van der Waals surface area contributed by atoms with E-state index < -0.39 is 21.3 Å². The Bertz CT molecular complexity index is 1440. The van der Waals surface area contributed by atoms with E-state index in [1.54, 1.807) is 24.3 Å². The van der Waals surface area contributed by atoms with Crippen molar-refractivity contribution in [2.75, 3.05) is 18.4 Å². The van der Waals surface area contributed by atoms with Crippen molar-refractivity contribution in [3.63, 3.8) is 0 Å². The van der Waals surface area contributed by atoms with Gasteiger partial charge in [-0.1, -0.05) is 12.1 Å². The number of fused-ring (bicyclic) bond motifs is 1. The van der Waals surface area contributed by atoms with E-state index in [-0.39, 0.29) is 28.3 Å². The molecule has 1 fully saturated rings. The minimum Gasteiger partial charge on any atom is -0.325 e. The third kappa shape index (κ3) is 4.46. The topological polar surface area (TPSA) is 123 Å². The normalized spacial score (nSPS) is 14.6. The number of benzene rings is 1. The monoisotopic (exact) mass is 471 g/mol. The molecule has 1 aromatic carbocycles. The number of amides is 1. The molecular weight excluding hydrogens is 446 g/mol. The lowest BCUT2D eigenvalue weighted by Crippen LogP contribution is -2.37. The SMILES string of the molecule is Cn1c(=O)c2cc(NC(=O)CCc3ccc(S(=O)(=O)N4CCCC4)cc3)cnc2n(C)c1=O. The average molecular weight is 472 g/mol. The number of nitrogens with zero attached hydrogens (tertiary/aromatic N) is 4. The fourth-order valence-electron chi connectivity index (χ4n) is 3.92. The summed E-state index contributed by atoms with van der Waals surface area (Å²) < 4.78 is 29.0. The first-order chi connectivity index (χ1) is 15.7. The molecule has 1 saturated heterocycles. The van der Waals surface area contributed by atoms with Crippen LogP contribution in [0.1, 0.15) is 24.8 Å². The first kappa shape index (κ1) is 22.9. The van der Waals surface area contributed by atoms with Crippen molar-refractivity contribution in [1.82, 2.24) is 18.4 Å². The number of hydrogen-bond acceptors (Lipinski definition) is 6. The maximum atomic E-state index is 12.6. The lowest BCUT2D eigenvalue weighted by atomic mass is 10.1. The molecule has 1 N–H and O–H groups in total. The molecular formula is C22H25N5O5S. The predicted octanol–water partition coefficient (Wildman–Crippen LogP) is 0.988. The zero-order valence-electron chi connectivity index (χ0n) is 18.4. The van der Waals surface area contributed by atoms with Crippen LogP contribution in [0.4, 0.5) is 5.69 Å². The van der Waals surface area contributed by atoms with Gasteiger partial charge in [-0.05, 0) is 43.0 Å². The van der Waals surface area contributed by atoms with Crippen molar-refractivity contribution in [3.05, 3.63) is 62.9 Å². The van der Waals surface area contributed by atoms with Crippen LogP contribution in [0.15, 0.2) is 51.0 Å². The fourth-order valence-corrected chi connectivity index (χ4v) is 5.44. The standard InChI is InChI=1S/C22H25N5O5S/c1-25-20-18(21(29)26(2)22(25)30)13-16(14-23-20)24-19(28)10-7-15-5-8-17(9-6-15)33(31,32)27-11-3-4-12-27/h5-6,8-9,13-14H,3-4,7,10-12H2,1-2H3,(H,24,28). The summed E-state index contributed by atoms with van der Waals surface area (Å²) in [5, 5.41) is 2.95. The molecule has 4 rings (SSSR count). The van der Waals surface area contributed by atoms with Gasteiger partial charge in [-0.25, -0.2) is 18.2 Å². The molecule has 1 amide bonds. The predicted molar refractivity (Wildman–Crippen MR) is 124 cm³/mol. The van der Waals surface area contributed by atoms with Crippen LogP contribution in [-0.2, 0) is 35.3 Å². The number of anilines is 1. The highest BCUT2D eigenvalue weighted by molar-refractivity contribution is 7.89. The molecule has 0 atom stereocenters. The van der Waals surface area contributed by atoms with Crippen LogP contribution < -0.4 is 16.6 Å². The van der Waals surface area contributed by atoms with Crippen LogP contribution in [0, 0.1) is 0 Å². The molecule has 2 aromatic heterocycles. The molecule has 0 spiro atoms. The number of aryl methyl sites for hydroxylation is 2. The largest absolute Gasteiger partial charge is 0.332 e. The summed E-state index contributed by atoms with van der Waals surface area (Å²) in [5.74, 6) is -0.272. The van der Waals surface area contributed by atoms with Crippen molar-refractivity contribution in [2.45, 2.75) is 30.6 Å². The quantitative estimate of drug-likeness (QED) is 0.572. The maximum Gasteiger partial charge on any atom is 0.332 e. The van der Waals surface area contributed by atoms with Crippen molar-refractivity contribution in [2.24, 2.45) is 14.1 Å². The van der Waals surface area contributed by atoms with E-state index in [0.717, 1.165) is 23.0 Å². The van der Waals surface area contributed by atoms with Gasteiger partial charge in [0.1, 0.15) is 5.65 Å². The van der Waals surface area contributed by atoms with E-state index in [0.29, 0.717) is 25.2 Å². The van der Waals surface area contributed by atoms with E-state index in [4.69, 9.17) is 0 Å². The van der Waals surface area contributed by atoms with Crippen LogP contribution in [0.25, 0.3) is 11.0 Å². The molecule has 0 saturated carbocycles. The summed E-state index contributed by atoms with van der Waals surface area (Å²) in [5.41, 5.74) is 0.475. The molecule has 1 aliphatic rings. The molecule has 3 aromatic rings. The second-order valence-corrected chi connectivity index (χ2v) is 10.0. The van der Waals surface area contributed by atoms with Gasteiger partial charge >= 0.3 is 5.69 Å². The Morgan fingerprint density at radius 2 is 1.73 bits per heavy atom. The number of aromatic nitrogens is 3. The minimum atomic E-state index is -3.46. The molecule has 0 bridgehead atoms. The van der Waals surface area contributed by atoms with Crippen LogP contribution in [-0.4, -0.2) is 45.8 Å². The summed E-state index contributed by atoms with van der Waals surface area (Å²) in [4.78, 5) is 41.2. The molecule has 11 heteroatoms.